The van der Waals surface area contributed by atoms with Crippen molar-refractivity contribution >= 4 is 58.2 Å². The minimum absolute atomic E-state index is 0.0478. The van der Waals surface area contributed by atoms with Crippen LogP contribution in [0.4, 0.5) is 10.1 Å². The zero-order valence-corrected chi connectivity index (χ0v) is 16.5. The number of benzene rings is 2. The normalized spacial score (nSPS) is 10.8. The Hall–Kier alpha value is -2.67. The van der Waals surface area contributed by atoms with Crippen LogP contribution in [-0.4, -0.2) is 11.0 Å². The second kappa shape index (κ2) is 9.01. The van der Waals surface area contributed by atoms with Crippen LogP contribution in [0.1, 0.15) is 5.76 Å². The van der Waals surface area contributed by atoms with Gasteiger partial charge in [0.15, 0.2) is 5.11 Å². The molecule has 0 atom stereocenters. The summed E-state index contributed by atoms with van der Waals surface area (Å²) in [6.45, 7) is 0. The fourth-order valence-electron chi connectivity index (χ4n) is 2.26. The summed E-state index contributed by atoms with van der Waals surface area (Å²) in [5.41, 5.74) is 1.33. The maximum Gasteiger partial charge on any atom is 0.250 e. The van der Waals surface area contributed by atoms with E-state index >= 15 is 0 Å². The van der Waals surface area contributed by atoms with Crippen molar-refractivity contribution in [2.24, 2.45) is 0 Å². The fourth-order valence-corrected chi connectivity index (χ4v) is 2.78. The van der Waals surface area contributed by atoms with Crippen molar-refractivity contribution in [1.82, 2.24) is 5.32 Å². The number of carbonyl (C=O) groups excluding carboxylic acids is 1. The maximum absolute atomic E-state index is 13.1. The van der Waals surface area contributed by atoms with Gasteiger partial charge in [0.05, 0.1) is 5.02 Å². The molecule has 8 heteroatoms. The molecule has 142 valence electrons. The van der Waals surface area contributed by atoms with Crippen molar-refractivity contribution < 1.29 is 13.6 Å². The lowest BCUT2D eigenvalue weighted by Gasteiger charge is -2.08. The predicted octanol–water partition coefficient (Wildman–Crippen LogP) is 5.92. The van der Waals surface area contributed by atoms with E-state index in [0.717, 1.165) is 5.56 Å². The summed E-state index contributed by atoms with van der Waals surface area (Å²) in [7, 11) is 0. The lowest BCUT2D eigenvalue weighted by atomic mass is 10.2. The van der Waals surface area contributed by atoms with Crippen LogP contribution in [-0.2, 0) is 4.79 Å². The lowest BCUT2D eigenvalue weighted by molar-refractivity contribution is -0.115. The first-order valence-corrected chi connectivity index (χ1v) is 9.18. The van der Waals surface area contributed by atoms with Gasteiger partial charge in [-0.25, -0.2) is 4.39 Å². The van der Waals surface area contributed by atoms with Crippen molar-refractivity contribution in [3.63, 3.8) is 0 Å². The van der Waals surface area contributed by atoms with Gasteiger partial charge in [0.1, 0.15) is 17.3 Å². The second-order valence-electron chi connectivity index (χ2n) is 5.61. The first-order valence-electron chi connectivity index (χ1n) is 8.01. The number of nitrogens with one attached hydrogen (secondary N) is 2. The first-order chi connectivity index (χ1) is 13.4. The Morgan fingerprint density at radius 1 is 1.07 bits per heavy atom. The molecule has 0 bridgehead atoms. The SMILES string of the molecule is O=C(C=Cc1ccc(-c2ccc(Cl)cc2)o1)NC(=S)Nc1ccc(F)c(Cl)c1. The van der Waals surface area contributed by atoms with Gasteiger partial charge in [-0.15, -0.1) is 0 Å². The van der Waals surface area contributed by atoms with E-state index in [1.54, 1.807) is 24.3 Å². The number of amides is 1. The van der Waals surface area contributed by atoms with Gasteiger partial charge in [0.2, 0.25) is 5.91 Å². The zero-order chi connectivity index (χ0) is 20.1. The summed E-state index contributed by atoms with van der Waals surface area (Å²) in [6.07, 6.45) is 2.81. The van der Waals surface area contributed by atoms with E-state index in [0.29, 0.717) is 22.2 Å². The van der Waals surface area contributed by atoms with E-state index in [1.807, 2.05) is 12.1 Å². The summed E-state index contributed by atoms with van der Waals surface area (Å²) in [4.78, 5) is 12.0. The van der Waals surface area contributed by atoms with Crippen molar-refractivity contribution in [1.29, 1.82) is 0 Å². The molecule has 0 spiro atoms. The number of hydrogen-bond donors (Lipinski definition) is 2. The highest BCUT2D eigenvalue weighted by Crippen LogP contribution is 2.24. The van der Waals surface area contributed by atoms with Crippen molar-refractivity contribution in [2.45, 2.75) is 0 Å². The first kappa shape index (κ1) is 20.1. The molecule has 0 radical (unpaired) electrons. The Labute approximate surface area is 176 Å². The molecule has 0 aliphatic carbocycles. The molecule has 0 saturated carbocycles. The van der Waals surface area contributed by atoms with E-state index in [4.69, 9.17) is 39.8 Å². The average molecular weight is 435 g/mol. The molecule has 0 unspecified atom stereocenters. The standard InChI is InChI=1S/C20H13Cl2FN2O2S/c21-13-3-1-12(2-4-13)18-9-6-15(27-18)7-10-19(26)25-20(28)24-14-5-8-17(23)16(22)11-14/h1-11H,(H2,24,25,26,28). The topological polar surface area (TPSA) is 54.3 Å². The number of furan rings is 1. The minimum Gasteiger partial charge on any atom is -0.457 e. The molecule has 0 aliphatic heterocycles. The van der Waals surface area contributed by atoms with Gasteiger partial charge in [0.25, 0.3) is 0 Å². The summed E-state index contributed by atoms with van der Waals surface area (Å²) < 4.78 is 18.8. The van der Waals surface area contributed by atoms with Gasteiger partial charge in [-0.05, 0) is 72.9 Å². The molecular weight excluding hydrogens is 422 g/mol. The van der Waals surface area contributed by atoms with Gasteiger partial charge in [0, 0.05) is 22.3 Å². The molecule has 0 saturated heterocycles. The maximum atomic E-state index is 13.1. The second-order valence-corrected chi connectivity index (χ2v) is 6.87. The van der Waals surface area contributed by atoms with Gasteiger partial charge in [-0.1, -0.05) is 23.2 Å². The molecule has 1 amide bonds. The van der Waals surface area contributed by atoms with Gasteiger partial charge < -0.3 is 9.73 Å². The summed E-state index contributed by atoms with van der Waals surface area (Å²) in [5.74, 6) is 0.170. The molecule has 0 fully saturated rings. The van der Waals surface area contributed by atoms with Crippen molar-refractivity contribution in [3.8, 4) is 11.3 Å². The number of anilines is 1. The number of halogens is 3. The number of thiocarbonyl (C=S) groups is 1. The van der Waals surface area contributed by atoms with Gasteiger partial charge in [-0.3, -0.25) is 10.1 Å². The molecule has 3 rings (SSSR count). The largest absolute Gasteiger partial charge is 0.457 e. The van der Waals surface area contributed by atoms with Crippen LogP contribution in [0, 0.1) is 5.82 Å². The Morgan fingerprint density at radius 3 is 2.54 bits per heavy atom. The van der Waals surface area contributed by atoms with Crippen LogP contribution >= 0.6 is 35.4 Å². The Morgan fingerprint density at radius 2 is 1.82 bits per heavy atom. The van der Waals surface area contributed by atoms with Crippen molar-refractivity contribution in [3.05, 3.63) is 82.3 Å². The van der Waals surface area contributed by atoms with Crippen LogP contribution in [0.25, 0.3) is 17.4 Å². The molecule has 3 aromatic rings. The van der Waals surface area contributed by atoms with Crippen LogP contribution in [0.15, 0.2) is 65.1 Å². The third kappa shape index (κ3) is 5.42. The number of rotatable bonds is 4. The highest BCUT2D eigenvalue weighted by molar-refractivity contribution is 7.80. The van der Waals surface area contributed by atoms with Gasteiger partial charge >= 0.3 is 0 Å². The minimum atomic E-state index is -0.540. The van der Waals surface area contributed by atoms with Crippen LogP contribution < -0.4 is 10.6 Å². The monoisotopic (exact) mass is 434 g/mol. The predicted molar refractivity (Wildman–Crippen MR) is 114 cm³/mol. The van der Waals surface area contributed by atoms with E-state index in [2.05, 4.69) is 10.6 Å². The quantitative estimate of drug-likeness (QED) is 0.395. The highest BCUT2D eigenvalue weighted by atomic mass is 35.5. The molecule has 28 heavy (non-hydrogen) atoms. The lowest BCUT2D eigenvalue weighted by Crippen LogP contribution is -2.32. The fraction of sp³-hybridized carbons (Fsp3) is 0. The molecule has 2 N–H and O–H groups in total. The number of hydrogen-bond acceptors (Lipinski definition) is 3. The third-order valence-electron chi connectivity index (χ3n) is 3.57. The smallest absolute Gasteiger partial charge is 0.250 e. The molecule has 2 aromatic carbocycles. The highest BCUT2D eigenvalue weighted by Gasteiger charge is 2.06. The van der Waals surface area contributed by atoms with Crippen LogP contribution in [0.3, 0.4) is 0 Å². The van der Waals surface area contributed by atoms with Crippen LogP contribution in [0.5, 0.6) is 0 Å². The molecule has 1 aromatic heterocycles. The van der Waals surface area contributed by atoms with Crippen molar-refractivity contribution in [2.75, 3.05) is 5.32 Å². The Balaban J connectivity index is 1.57. The average Bonchev–Trinajstić information content (AvgIpc) is 3.12. The molecule has 0 aliphatic rings. The molecule has 1 heterocycles. The van der Waals surface area contributed by atoms with E-state index in [-0.39, 0.29) is 10.1 Å². The van der Waals surface area contributed by atoms with E-state index in [1.165, 1.54) is 30.4 Å². The van der Waals surface area contributed by atoms with Gasteiger partial charge in [-0.2, -0.15) is 0 Å². The zero-order valence-electron chi connectivity index (χ0n) is 14.2. The Kier molecular flexibility index (Phi) is 6.46. The Bertz CT molecular complexity index is 1050. The van der Waals surface area contributed by atoms with E-state index < -0.39 is 11.7 Å². The van der Waals surface area contributed by atoms with Crippen LogP contribution in [0.2, 0.25) is 10.0 Å². The summed E-state index contributed by atoms with van der Waals surface area (Å²) in [6, 6.07) is 14.8. The van der Waals surface area contributed by atoms with E-state index in [9.17, 15) is 9.18 Å². The molecule has 4 nitrogen and oxygen atoms in total. The summed E-state index contributed by atoms with van der Waals surface area (Å²) in [5, 5.41) is 5.87. The number of carbonyl (C=O) groups is 1. The molecular formula is C20H13Cl2FN2O2S. The third-order valence-corrected chi connectivity index (χ3v) is 4.31. The summed E-state index contributed by atoms with van der Waals surface area (Å²) >= 11 is 16.6.